The molecule has 0 aromatic carbocycles. The van der Waals surface area contributed by atoms with Crippen molar-refractivity contribution in [1.29, 1.82) is 0 Å². The number of rotatable bonds is 5. The summed E-state index contributed by atoms with van der Waals surface area (Å²) < 4.78 is 3.27. The molecule has 0 spiro atoms. The van der Waals surface area contributed by atoms with Crippen molar-refractivity contribution in [2.45, 2.75) is 64.8 Å². The summed E-state index contributed by atoms with van der Waals surface area (Å²) in [4.78, 5) is 0. The summed E-state index contributed by atoms with van der Waals surface area (Å²) in [7, 11) is 4.17. The topological polar surface area (TPSA) is 29.9 Å². The molecule has 20 heavy (non-hydrogen) atoms. The smallest absolute Gasteiger partial charge is 0.0766 e. The second kappa shape index (κ2) is 6.61. The maximum Gasteiger partial charge on any atom is 0.0766 e. The average molecular weight is 342 g/mol. The van der Waals surface area contributed by atoms with Gasteiger partial charge in [0.15, 0.2) is 0 Å². The molecule has 4 heteroatoms. The van der Waals surface area contributed by atoms with Crippen LogP contribution in [-0.2, 0) is 19.9 Å². The number of hydrogen-bond acceptors (Lipinski definition) is 2. The molecule has 1 aromatic heterocycles. The molecular weight excluding hydrogens is 314 g/mol. The van der Waals surface area contributed by atoms with Crippen molar-refractivity contribution in [2.24, 2.45) is 12.5 Å². The van der Waals surface area contributed by atoms with Gasteiger partial charge in [0, 0.05) is 19.5 Å². The van der Waals surface area contributed by atoms with Gasteiger partial charge in [-0.25, -0.2) is 0 Å². The molecule has 1 fully saturated rings. The van der Waals surface area contributed by atoms with Gasteiger partial charge >= 0.3 is 0 Å². The van der Waals surface area contributed by atoms with Crippen LogP contribution in [0.4, 0.5) is 0 Å². The van der Waals surface area contributed by atoms with Crippen LogP contribution in [-0.4, -0.2) is 22.9 Å². The molecule has 1 aliphatic carbocycles. The van der Waals surface area contributed by atoms with Gasteiger partial charge in [-0.3, -0.25) is 4.68 Å². The van der Waals surface area contributed by atoms with Gasteiger partial charge in [-0.15, -0.1) is 0 Å². The van der Waals surface area contributed by atoms with Gasteiger partial charge in [-0.05, 0) is 47.7 Å². The van der Waals surface area contributed by atoms with Crippen molar-refractivity contribution in [3.05, 3.63) is 15.9 Å². The van der Waals surface area contributed by atoms with Crippen molar-refractivity contribution in [1.82, 2.24) is 15.1 Å². The molecule has 0 saturated heterocycles. The number of hydrogen-bond donors (Lipinski definition) is 1. The lowest BCUT2D eigenvalue weighted by molar-refractivity contribution is 0.147. The number of likely N-dealkylation sites (N-methyl/N-ethyl adjacent to an activating group) is 1. The van der Waals surface area contributed by atoms with Crippen molar-refractivity contribution in [3.8, 4) is 0 Å². The lowest BCUT2D eigenvalue weighted by atomic mass is 9.69. The van der Waals surface area contributed by atoms with Crippen LogP contribution in [0.2, 0.25) is 0 Å². The van der Waals surface area contributed by atoms with Gasteiger partial charge in [0.05, 0.1) is 15.9 Å². The summed E-state index contributed by atoms with van der Waals surface area (Å²) in [5, 5.41) is 8.21. The normalized spacial score (nSPS) is 20.1. The van der Waals surface area contributed by atoms with Crippen LogP contribution in [0.15, 0.2) is 4.47 Å². The van der Waals surface area contributed by atoms with Gasteiger partial charge in [0.2, 0.25) is 0 Å². The first kappa shape index (κ1) is 16.0. The molecular formula is C16H28BrN3. The third kappa shape index (κ3) is 3.11. The van der Waals surface area contributed by atoms with Gasteiger partial charge in [0.1, 0.15) is 0 Å². The molecule has 1 heterocycles. The van der Waals surface area contributed by atoms with Crippen molar-refractivity contribution in [2.75, 3.05) is 7.05 Å². The SMILES string of the molecule is CCc1nn(C)c(CC(NC)C2(C)CCCCC2)c1Br. The summed E-state index contributed by atoms with van der Waals surface area (Å²) in [6, 6.07) is 0.527. The quantitative estimate of drug-likeness (QED) is 0.881. The van der Waals surface area contributed by atoms with E-state index in [9.17, 15) is 0 Å². The number of nitrogens with zero attached hydrogens (tertiary/aromatic N) is 2. The second-order valence-corrected chi connectivity index (χ2v) is 7.24. The van der Waals surface area contributed by atoms with E-state index in [0.717, 1.165) is 12.8 Å². The molecule has 0 amide bonds. The highest BCUT2D eigenvalue weighted by Crippen LogP contribution is 2.40. The molecule has 1 atom stereocenters. The zero-order valence-electron chi connectivity index (χ0n) is 13.3. The summed E-state index contributed by atoms with van der Waals surface area (Å²) in [5.74, 6) is 0. The zero-order chi connectivity index (χ0) is 14.8. The number of nitrogens with one attached hydrogen (secondary N) is 1. The van der Waals surface area contributed by atoms with E-state index >= 15 is 0 Å². The molecule has 0 aliphatic heterocycles. The first-order chi connectivity index (χ1) is 9.51. The molecule has 0 bridgehead atoms. The number of halogens is 1. The number of aryl methyl sites for hydroxylation is 2. The Kier molecular flexibility index (Phi) is 5.30. The maximum atomic E-state index is 4.63. The highest BCUT2D eigenvalue weighted by atomic mass is 79.9. The van der Waals surface area contributed by atoms with Gasteiger partial charge in [0.25, 0.3) is 0 Å². The highest BCUT2D eigenvalue weighted by molar-refractivity contribution is 9.10. The highest BCUT2D eigenvalue weighted by Gasteiger charge is 2.35. The van der Waals surface area contributed by atoms with Gasteiger partial charge in [-0.2, -0.15) is 5.10 Å². The average Bonchev–Trinajstić information content (AvgIpc) is 2.71. The summed E-state index contributed by atoms with van der Waals surface area (Å²) in [6.07, 6.45) is 8.88. The second-order valence-electron chi connectivity index (χ2n) is 6.44. The largest absolute Gasteiger partial charge is 0.316 e. The van der Waals surface area contributed by atoms with E-state index in [1.807, 2.05) is 0 Å². The van der Waals surface area contributed by atoms with E-state index in [1.165, 1.54) is 48.0 Å². The van der Waals surface area contributed by atoms with Crippen LogP contribution in [0.3, 0.4) is 0 Å². The Morgan fingerprint density at radius 3 is 2.50 bits per heavy atom. The van der Waals surface area contributed by atoms with Crippen LogP contribution >= 0.6 is 15.9 Å². The Bertz CT molecular complexity index is 447. The van der Waals surface area contributed by atoms with Crippen molar-refractivity contribution >= 4 is 15.9 Å². The molecule has 1 saturated carbocycles. The Morgan fingerprint density at radius 1 is 1.35 bits per heavy atom. The Morgan fingerprint density at radius 2 is 2.00 bits per heavy atom. The summed E-state index contributed by atoms with van der Waals surface area (Å²) in [5.41, 5.74) is 2.92. The minimum atomic E-state index is 0.420. The van der Waals surface area contributed by atoms with Gasteiger partial charge in [-0.1, -0.05) is 33.1 Å². The van der Waals surface area contributed by atoms with E-state index in [2.05, 4.69) is 59.0 Å². The first-order valence-corrected chi connectivity index (χ1v) is 8.68. The molecule has 1 aromatic rings. The molecule has 1 N–H and O–H groups in total. The van der Waals surface area contributed by atoms with Crippen LogP contribution in [0.1, 0.15) is 57.3 Å². The maximum absolute atomic E-state index is 4.63. The minimum absolute atomic E-state index is 0.420. The third-order valence-corrected chi connectivity index (χ3v) is 6.00. The molecule has 114 valence electrons. The van der Waals surface area contributed by atoms with E-state index < -0.39 is 0 Å². The van der Waals surface area contributed by atoms with Crippen LogP contribution in [0.25, 0.3) is 0 Å². The predicted octanol–water partition coefficient (Wildman–Crippen LogP) is 3.85. The zero-order valence-corrected chi connectivity index (χ0v) is 14.9. The van der Waals surface area contributed by atoms with Gasteiger partial charge < -0.3 is 5.32 Å². The Hall–Kier alpha value is -0.350. The first-order valence-electron chi connectivity index (χ1n) is 7.89. The van der Waals surface area contributed by atoms with Crippen LogP contribution < -0.4 is 5.32 Å². The predicted molar refractivity (Wildman–Crippen MR) is 88.0 cm³/mol. The van der Waals surface area contributed by atoms with Crippen molar-refractivity contribution < 1.29 is 0 Å². The van der Waals surface area contributed by atoms with Crippen LogP contribution in [0, 0.1) is 5.41 Å². The molecule has 3 nitrogen and oxygen atoms in total. The lowest BCUT2D eigenvalue weighted by Crippen LogP contribution is -2.45. The molecule has 1 unspecified atom stereocenters. The fourth-order valence-corrected chi connectivity index (χ4v) is 4.42. The Labute approximate surface area is 131 Å². The van der Waals surface area contributed by atoms with Crippen molar-refractivity contribution in [3.63, 3.8) is 0 Å². The molecule has 2 rings (SSSR count). The van der Waals surface area contributed by atoms with E-state index in [0.29, 0.717) is 11.5 Å². The Balaban J connectivity index is 2.20. The fraction of sp³-hybridized carbons (Fsp3) is 0.812. The standard InChI is InChI=1S/C16H28BrN3/c1-5-12-15(17)13(20(4)19-12)11-14(18-3)16(2)9-7-6-8-10-16/h14,18H,5-11H2,1-4H3. The molecule has 0 radical (unpaired) electrons. The monoisotopic (exact) mass is 341 g/mol. The lowest BCUT2D eigenvalue weighted by Gasteiger charge is -2.41. The fourth-order valence-electron chi connectivity index (χ4n) is 3.64. The van der Waals surface area contributed by atoms with E-state index in [1.54, 1.807) is 0 Å². The number of aromatic nitrogens is 2. The molecule has 1 aliphatic rings. The van der Waals surface area contributed by atoms with E-state index in [4.69, 9.17) is 0 Å². The minimum Gasteiger partial charge on any atom is -0.316 e. The summed E-state index contributed by atoms with van der Waals surface area (Å²) >= 11 is 3.75. The summed E-state index contributed by atoms with van der Waals surface area (Å²) in [6.45, 7) is 4.62. The van der Waals surface area contributed by atoms with E-state index in [-0.39, 0.29) is 0 Å². The third-order valence-electron chi connectivity index (χ3n) is 5.09. The van der Waals surface area contributed by atoms with Crippen LogP contribution in [0.5, 0.6) is 0 Å².